The van der Waals surface area contributed by atoms with Crippen molar-refractivity contribution in [2.24, 2.45) is 0 Å². The molecular weight excluding hydrogens is 536 g/mol. The molecule has 0 heterocycles. The number of benzene rings is 3. The summed E-state index contributed by atoms with van der Waals surface area (Å²) in [6.45, 7) is 0. The molecule has 0 fully saturated rings. The van der Waals surface area contributed by atoms with Gasteiger partial charge in [-0.2, -0.15) is 0 Å². The standard InChI is InChI=1S/C18H10Br4/c19-9-7-11-1-3-13-14-4-2-12(8-10-20)18(22)16(14)6-5-15(13)17(11)21/h1-10H/b9-7+,10-8+. The molecule has 0 N–H and O–H groups in total. The number of rotatable bonds is 2. The van der Waals surface area contributed by atoms with Crippen LogP contribution in [0.2, 0.25) is 0 Å². The Morgan fingerprint density at radius 1 is 0.545 bits per heavy atom. The second-order valence-electron chi connectivity index (χ2n) is 4.78. The molecule has 110 valence electrons. The van der Waals surface area contributed by atoms with Gasteiger partial charge in [0.15, 0.2) is 0 Å². The van der Waals surface area contributed by atoms with E-state index in [2.05, 4.69) is 100 Å². The number of hydrogen-bond acceptors (Lipinski definition) is 0. The Kier molecular flexibility index (Phi) is 5.23. The minimum absolute atomic E-state index is 1.11. The van der Waals surface area contributed by atoms with E-state index in [1.54, 1.807) is 0 Å². The van der Waals surface area contributed by atoms with E-state index in [9.17, 15) is 0 Å². The Morgan fingerprint density at radius 3 is 1.27 bits per heavy atom. The van der Waals surface area contributed by atoms with E-state index < -0.39 is 0 Å². The Bertz CT molecular complexity index is 847. The largest absolute Gasteiger partial charge is 0.0595 e. The maximum absolute atomic E-state index is 3.73. The van der Waals surface area contributed by atoms with Crippen LogP contribution in [0.1, 0.15) is 11.1 Å². The van der Waals surface area contributed by atoms with Gasteiger partial charge in [-0.05, 0) is 86.7 Å². The zero-order valence-electron chi connectivity index (χ0n) is 11.3. The van der Waals surface area contributed by atoms with Crippen LogP contribution in [0.3, 0.4) is 0 Å². The molecule has 0 radical (unpaired) electrons. The molecule has 3 aromatic rings. The van der Waals surface area contributed by atoms with Gasteiger partial charge in [0.25, 0.3) is 0 Å². The van der Waals surface area contributed by atoms with Gasteiger partial charge < -0.3 is 0 Å². The molecule has 0 amide bonds. The summed E-state index contributed by atoms with van der Waals surface area (Å²) in [5.41, 5.74) is 2.31. The normalized spacial score (nSPS) is 12.2. The molecule has 0 unspecified atom stereocenters. The van der Waals surface area contributed by atoms with Crippen LogP contribution in [0, 0.1) is 0 Å². The highest BCUT2D eigenvalue weighted by molar-refractivity contribution is 9.11. The zero-order valence-corrected chi connectivity index (χ0v) is 17.6. The number of hydrogen-bond donors (Lipinski definition) is 0. The molecule has 0 saturated heterocycles. The molecule has 3 aromatic carbocycles. The molecule has 0 nitrogen and oxygen atoms in total. The van der Waals surface area contributed by atoms with Gasteiger partial charge in [-0.1, -0.05) is 68.3 Å². The highest BCUT2D eigenvalue weighted by Crippen LogP contribution is 2.37. The third-order valence-corrected chi connectivity index (χ3v) is 5.91. The fourth-order valence-corrected chi connectivity index (χ4v) is 4.36. The van der Waals surface area contributed by atoms with Crippen molar-refractivity contribution < 1.29 is 0 Å². The van der Waals surface area contributed by atoms with E-state index in [0.717, 1.165) is 20.1 Å². The Morgan fingerprint density at radius 2 is 0.909 bits per heavy atom. The monoisotopic (exact) mass is 542 g/mol. The Labute approximate surface area is 162 Å². The predicted octanol–water partition coefficient (Wildman–Crippen LogP) is 8.25. The first-order valence-electron chi connectivity index (χ1n) is 6.54. The van der Waals surface area contributed by atoms with Crippen LogP contribution in [0.25, 0.3) is 33.7 Å². The molecule has 0 aromatic heterocycles. The van der Waals surface area contributed by atoms with E-state index in [4.69, 9.17) is 0 Å². The summed E-state index contributed by atoms with van der Waals surface area (Å²) in [7, 11) is 0. The second-order valence-corrected chi connectivity index (χ2v) is 7.42. The lowest BCUT2D eigenvalue weighted by molar-refractivity contribution is 1.65. The summed E-state index contributed by atoms with van der Waals surface area (Å²) in [4.78, 5) is 3.74. The summed E-state index contributed by atoms with van der Waals surface area (Å²) < 4.78 is 2.23. The molecule has 0 saturated carbocycles. The van der Waals surface area contributed by atoms with Gasteiger partial charge in [0.1, 0.15) is 0 Å². The summed E-state index contributed by atoms with van der Waals surface area (Å²) in [5, 5.41) is 4.91. The van der Waals surface area contributed by atoms with E-state index in [0.29, 0.717) is 0 Å². The minimum atomic E-state index is 1.11. The van der Waals surface area contributed by atoms with Crippen LogP contribution in [-0.4, -0.2) is 0 Å². The molecule has 0 bridgehead atoms. The lowest BCUT2D eigenvalue weighted by Gasteiger charge is -2.10. The molecular formula is C18H10Br4. The Balaban J connectivity index is 2.37. The minimum Gasteiger partial charge on any atom is -0.0595 e. The molecule has 0 aliphatic carbocycles. The molecule has 0 spiro atoms. The van der Waals surface area contributed by atoms with Crippen molar-refractivity contribution in [3.63, 3.8) is 0 Å². The van der Waals surface area contributed by atoms with Gasteiger partial charge in [-0.25, -0.2) is 0 Å². The van der Waals surface area contributed by atoms with Crippen LogP contribution in [0.4, 0.5) is 0 Å². The van der Waals surface area contributed by atoms with Crippen LogP contribution in [-0.2, 0) is 0 Å². The first-order valence-corrected chi connectivity index (χ1v) is 9.96. The average Bonchev–Trinajstić information content (AvgIpc) is 2.53. The van der Waals surface area contributed by atoms with Crippen LogP contribution in [0.15, 0.2) is 55.3 Å². The zero-order chi connectivity index (χ0) is 15.7. The van der Waals surface area contributed by atoms with Gasteiger partial charge in [-0.3, -0.25) is 0 Å². The van der Waals surface area contributed by atoms with Crippen LogP contribution >= 0.6 is 63.7 Å². The van der Waals surface area contributed by atoms with Crippen molar-refractivity contribution in [3.05, 3.63) is 66.4 Å². The molecule has 0 aliphatic heterocycles. The van der Waals surface area contributed by atoms with Crippen molar-refractivity contribution >= 4 is 97.4 Å². The topological polar surface area (TPSA) is 0 Å². The van der Waals surface area contributed by atoms with Crippen molar-refractivity contribution in [1.82, 2.24) is 0 Å². The molecule has 22 heavy (non-hydrogen) atoms. The van der Waals surface area contributed by atoms with E-state index in [-0.39, 0.29) is 0 Å². The van der Waals surface area contributed by atoms with E-state index >= 15 is 0 Å². The SMILES string of the molecule is Br/C=C/c1ccc2c(ccc3c(Br)c(/C=C/Br)ccc32)c1Br. The lowest BCUT2D eigenvalue weighted by atomic mass is 9.98. The maximum Gasteiger partial charge on any atom is 0.0326 e. The third-order valence-electron chi connectivity index (χ3n) is 3.61. The molecule has 0 atom stereocenters. The first-order chi connectivity index (χ1) is 10.7. The highest BCUT2D eigenvalue weighted by atomic mass is 79.9. The van der Waals surface area contributed by atoms with Crippen LogP contribution < -0.4 is 0 Å². The molecule has 0 aliphatic rings. The van der Waals surface area contributed by atoms with Crippen molar-refractivity contribution in [2.45, 2.75) is 0 Å². The molecule has 3 rings (SSSR count). The van der Waals surface area contributed by atoms with Gasteiger partial charge in [0.2, 0.25) is 0 Å². The second kappa shape index (κ2) is 7.00. The fourth-order valence-electron chi connectivity index (χ4n) is 2.58. The van der Waals surface area contributed by atoms with E-state index in [1.165, 1.54) is 21.5 Å². The summed E-state index contributed by atoms with van der Waals surface area (Å²) in [6.07, 6.45) is 4.07. The summed E-state index contributed by atoms with van der Waals surface area (Å²) in [5.74, 6) is 0. The predicted molar refractivity (Wildman–Crippen MR) is 113 cm³/mol. The van der Waals surface area contributed by atoms with E-state index in [1.807, 2.05) is 22.1 Å². The highest BCUT2D eigenvalue weighted by Gasteiger charge is 2.09. The van der Waals surface area contributed by atoms with Gasteiger partial charge in [-0.15, -0.1) is 0 Å². The van der Waals surface area contributed by atoms with Crippen LogP contribution in [0.5, 0.6) is 0 Å². The summed E-state index contributed by atoms with van der Waals surface area (Å²) in [6, 6.07) is 12.9. The van der Waals surface area contributed by atoms with Gasteiger partial charge in [0.05, 0.1) is 0 Å². The molecule has 4 heteroatoms. The number of halogens is 4. The number of fused-ring (bicyclic) bond motifs is 3. The smallest absolute Gasteiger partial charge is 0.0326 e. The maximum atomic E-state index is 3.73. The average molecular weight is 546 g/mol. The third kappa shape index (κ3) is 2.86. The van der Waals surface area contributed by atoms with Gasteiger partial charge >= 0.3 is 0 Å². The Hall–Kier alpha value is -0.420. The van der Waals surface area contributed by atoms with Crippen molar-refractivity contribution in [2.75, 3.05) is 0 Å². The summed E-state index contributed by atoms with van der Waals surface area (Å²) >= 11 is 14.1. The van der Waals surface area contributed by atoms with Gasteiger partial charge in [0, 0.05) is 8.95 Å². The first kappa shape index (κ1) is 16.4. The lowest BCUT2D eigenvalue weighted by Crippen LogP contribution is -1.85. The van der Waals surface area contributed by atoms with Crippen molar-refractivity contribution in [1.29, 1.82) is 0 Å². The quantitative estimate of drug-likeness (QED) is 0.284. The fraction of sp³-hybridized carbons (Fsp3) is 0. The van der Waals surface area contributed by atoms with Crippen molar-refractivity contribution in [3.8, 4) is 0 Å².